The lowest BCUT2D eigenvalue weighted by atomic mass is 9.84. The average Bonchev–Trinajstić information content (AvgIpc) is 3.08. The molecule has 3 atom stereocenters. The molecule has 3 aliphatic heterocycles. The van der Waals surface area contributed by atoms with Crippen molar-refractivity contribution in [3.8, 4) is 0 Å². The molecule has 1 aromatic rings. The highest BCUT2D eigenvalue weighted by atomic mass is 32.1. The Hall–Kier alpha value is -0.460. The quantitative estimate of drug-likeness (QED) is 0.850. The fourth-order valence-corrected chi connectivity index (χ4v) is 4.99. The normalized spacial score (nSPS) is 34.5. The second kappa shape index (κ2) is 6.97. The molecular formula is C17H26N2O2S. The number of hydrogen-bond donors (Lipinski definition) is 0. The van der Waals surface area contributed by atoms with Crippen LogP contribution in [-0.2, 0) is 16.0 Å². The maximum atomic E-state index is 6.22. The minimum Gasteiger partial charge on any atom is -0.379 e. The van der Waals surface area contributed by atoms with Crippen LogP contribution in [0.2, 0.25) is 0 Å². The summed E-state index contributed by atoms with van der Waals surface area (Å²) in [6, 6.07) is 4.97. The lowest BCUT2D eigenvalue weighted by molar-refractivity contribution is -0.128. The first-order valence-electron chi connectivity index (χ1n) is 8.58. The van der Waals surface area contributed by atoms with E-state index in [4.69, 9.17) is 9.47 Å². The molecule has 0 N–H and O–H groups in total. The van der Waals surface area contributed by atoms with Crippen LogP contribution in [0, 0.1) is 5.92 Å². The van der Waals surface area contributed by atoms with Gasteiger partial charge in [0.15, 0.2) is 0 Å². The first-order valence-corrected chi connectivity index (χ1v) is 9.46. The number of hydrogen-bond acceptors (Lipinski definition) is 5. The number of fused-ring (bicyclic) bond motifs is 1. The lowest BCUT2D eigenvalue weighted by Crippen LogP contribution is -2.62. The predicted octanol–water partition coefficient (Wildman–Crippen LogP) is 2.06. The van der Waals surface area contributed by atoms with Crippen molar-refractivity contribution in [2.75, 3.05) is 46.0 Å². The van der Waals surface area contributed by atoms with Gasteiger partial charge in [0.1, 0.15) is 0 Å². The molecule has 3 fully saturated rings. The largest absolute Gasteiger partial charge is 0.379 e. The van der Waals surface area contributed by atoms with Gasteiger partial charge in [0.25, 0.3) is 0 Å². The van der Waals surface area contributed by atoms with E-state index in [1.165, 1.54) is 24.3 Å². The van der Waals surface area contributed by atoms with E-state index in [2.05, 4.69) is 27.3 Å². The van der Waals surface area contributed by atoms with Crippen molar-refractivity contribution in [1.29, 1.82) is 0 Å². The summed E-state index contributed by atoms with van der Waals surface area (Å²) < 4.78 is 11.8. The Bertz CT molecular complexity index is 461. The summed E-state index contributed by atoms with van der Waals surface area (Å²) in [5.41, 5.74) is 0. The third kappa shape index (κ3) is 3.24. The van der Waals surface area contributed by atoms with Crippen LogP contribution in [0.3, 0.4) is 0 Å². The van der Waals surface area contributed by atoms with Crippen LogP contribution in [0.15, 0.2) is 17.5 Å². The Morgan fingerprint density at radius 1 is 1.18 bits per heavy atom. The summed E-state index contributed by atoms with van der Waals surface area (Å²) in [6.45, 7) is 8.25. The monoisotopic (exact) mass is 322 g/mol. The summed E-state index contributed by atoms with van der Waals surface area (Å²) in [6.07, 6.45) is 2.99. The van der Waals surface area contributed by atoms with E-state index in [9.17, 15) is 0 Å². The van der Waals surface area contributed by atoms with Gasteiger partial charge in [-0.1, -0.05) is 6.07 Å². The van der Waals surface area contributed by atoms with Crippen LogP contribution >= 0.6 is 11.3 Å². The zero-order chi connectivity index (χ0) is 14.8. The van der Waals surface area contributed by atoms with Gasteiger partial charge < -0.3 is 9.47 Å². The molecule has 122 valence electrons. The van der Waals surface area contributed by atoms with Crippen molar-refractivity contribution < 1.29 is 9.47 Å². The van der Waals surface area contributed by atoms with Gasteiger partial charge in [-0.05, 0) is 30.2 Å². The van der Waals surface area contributed by atoms with Crippen LogP contribution in [0.25, 0.3) is 0 Å². The Labute approximate surface area is 137 Å². The molecule has 5 heteroatoms. The van der Waals surface area contributed by atoms with E-state index >= 15 is 0 Å². The number of ether oxygens (including phenoxy) is 2. The number of nitrogens with zero attached hydrogens (tertiary/aromatic N) is 2. The molecule has 3 aliphatic rings. The molecule has 0 saturated carbocycles. The zero-order valence-electron chi connectivity index (χ0n) is 13.2. The SMILES string of the molecule is c1csc(CN2C[C@H]3CCCO[C@H]3[C@@H](N3CCOCC3)C2)c1. The molecule has 3 saturated heterocycles. The van der Waals surface area contributed by atoms with Crippen molar-refractivity contribution in [2.24, 2.45) is 5.92 Å². The summed E-state index contributed by atoms with van der Waals surface area (Å²) in [5.74, 6) is 0.704. The minimum absolute atomic E-state index is 0.437. The number of rotatable bonds is 3. The van der Waals surface area contributed by atoms with E-state index in [1.807, 2.05) is 11.3 Å². The molecule has 4 heterocycles. The third-order valence-electron chi connectivity index (χ3n) is 5.29. The van der Waals surface area contributed by atoms with Crippen molar-refractivity contribution >= 4 is 11.3 Å². The van der Waals surface area contributed by atoms with Crippen LogP contribution < -0.4 is 0 Å². The van der Waals surface area contributed by atoms with Crippen LogP contribution in [0.4, 0.5) is 0 Å². The van der Waals surface area contributed by atoms with Gasteiger partial charge in [-0.15, -0.1) is 11.3 Å². The van der Waals surface area contributed by atoms with Crippen LogP contribution in [0.5, 0.6) is 0 Å². The van der Waals surface area contributed by atoms with Gasteiger partial charge in [0.2, 0.25) is 0 Å². The molecule has 0 radical (unpaired) electrons. The third-order valence-corrected chi connectivity index (χ3v) is 6.15. The fraction of sp³-hybridized carbons (Fsp3) is 0.765. The first-order chi connectivity index (χ1) is 10.9. The zero-order valence-corrected chi connectivity index (χ0v) is 14.0. The maximum Gasteiger partial charge on any atom is 0.0782 e. The van der Waals surface area contributed by atoms with E-state index < -0.39 is 0 Å². The van der Waals surface area contributed by atoms with Crippen molar-refractivity contribution in [3.63, 3.8) is 0 Å². The van der Waals surface area contributed by atoms with E-state index in [0.717, 1.165) is 46.0 Å². The van der Waals surface area contributed by atoms with Crippen LogP contribution in [0.1, 0.15) is 17.7 Å². The highest BCUT2D eigenvalue weighted by molar-refractivity contribution is 7.09. The van der Waals surface area contributed by atoms with Gasteiger partial charge in [-0.2, -0.15) is 0 Å². The van der Waals surface area contributed by atoms with Gasteiger partial charge >= 0.3 is 0 Å². The molecule has 0 amide bonds. The summed E-state index contributed by atoms with van der Waals surface area (Å²) >= 11 is 1.88. The lowest BCUT2D eigenvalue weighted by Gasteiger charge is -2.50. The topological polar surface area (TPSA) is 24.9 Å². The van der Waals surface area contributed by atoms with Gasteiger partial charge in [-0.3, -0.25) is 9.80 Å². The molecule has 1 aromatic heterocycles. The molecule has 0 bridgehead atoms. The van der Waals surface area contributed by atoms with Crippen molar-refractivity contribution in [1.82, 2.24) is 9.80 Å². The molecule has 4 rings (SSSR count). The summed E-state index contributed by atoms with van der Waals surface area (Å²) in [5, 5.41) is 2.19. The van der Waals surface area contributed by atoms with Gasteiger partial charge in [0.05, 0.1) is 19.3 Å². The number of morpholine rings is 1. The van der Waals surface area contributed by atoms with Crippen molar-refractivity contribution in [3.05, 3.63) is 22.4 Å². The number of piperidine rings is 1. The molecule has 0 spiro atoms. The highest BCUT2D eigenvalue weighted by Crippen LogP contribution is 2.32. The molecule has 0 aromatic carbocycles. The maximum absolute atomic E-state index is 6.22. The predicted molar refractivity (Wildman–Crippen MR) is 88.2 cm³/mol. The Morgan fingerprint density at radius 3 is 2.91 bits per heavy atom. The Kier molecular flexibility index (Phi) is 4.78. The van der Waals surface area contributed by atoms with E-state index in [1.54, 1.807) is 0 Å². The summed E-state index contributed by atoms with van der Waals surface area (Å²) in [4.78, 5) is 6.76. The molecule has 4 nitrogen and oxygen atoms in total. The number of thiophene rings is 1. The van der Waals surface area contributed by atoms with Gasteiger partial charge in [-0.25, -0.2) is 0 Å². The smallest absolute Gasteiger partial charge is 0.0782 e. The van der Waals surface area contributed by atoms with Crippen molar-refractivity contribution in [2.45, 2.75) is 31.5 Å². The Balaban J connectivity index is 1.48. The molecule has 22 heavy (non-hydrogen) atoms. The average molecular weight is 322 g/mol. The van der Waals surface area contributed by atoms with E-state index in [0.29, 0.717) is 18.1 Å². The first kappa shape index (κ1) is 15.1. The second-order valence-corrected chi connectivity index (χ2v) is 7.76. The fourth-order valence-electron chi connectivity index (χ4n) is 4.24. The van der Waals surface area contributed by atoms with Crippen LogP contribution in [-0.4, -0.2) is 67.9 Å². The van der Waals surface area contributed by atoms with E-state index in [-0.39, 0.29) is 0 Å². The minimum atomic E-state index is 0.437. The second-order valence-electron chi connectivity index (χ2n) is 6.73. The molecule has 0 aliphatic carbocycles. The Morgan fingerprint density at radius 2 is 2.09 bits per heavy atom. The highest BCUT2D eigenvalue weighted by Gasteiger charge is 2.42. The summed E-state index contributed by atoms with van der Waals surface area (Å²) in [7, 11) is 0. The standard InChI is InChI=1S/C17H26N2O2S/c1-3-14-11-18(12-15-4-2-10-22-15)13-16(17(14)21-7-1)19-5-8-20-9-6-19/h2,4,10,14,16-17H,1,3,5-9,11-13H2/t14-,16+,17-/m1/s1. The molecular weight excluding hydrogens is 296 g/mol. The molecule has 0 unspecified atom stereocenters. The number of likely N-dealkylation sites (tertiary alicyclic amines) is 1. The van der Waals surface area contributed by atoms with Gasteiger partial charge in [0, 0.05) is 50.2 Å².